The molecule has 0 unspecified atom stereocenters. The van der Waals surface area contributed by atoms with Crippen molar-refractivity contribution in [2.75, 3.05) is 31.2 Å². The van der Waals surface area contributed by atoms with Gasteiger partial charge in [0.05, 0.1) is 47.3 Å². The van der Waals surface area contributed by atoms with Gasteiger partial charge in [-0.1, -0.05) is 25.3 Å². The van der Waals surface area contributed by atoms with Crippen LogP contribution in [0.1, 0.15) is 38.1 Å². The molecule has 2 fully saturated rings. The van der Waals surface area contributed by atoms with E-state index in [1.165, 1.54) is 43.9 Å². The molecule has 1 aromatic carbocycles. The monoisotopic (exact) mass is 435 g/mol. The number of nitrogens with zero attached hydrogens (tertiary/aromatic N) is 4. The summed E-state index contributed by atoms with van der Waals surface area (Å²) in [5.41, 5.74) is 3.94. The number of H-pyrrole nitrogens is 1. The van der Waals surface area contributed by atoms with E-state index in [9.17, 15) is 4.79 Å². The molecule has 0 atom stereocenters. The van der Waals surface area contributed by atoms with E-state index in [-0.39, 0.29) is 5.56 Å². The molecule has 0 radical (unpaired) electrons. The number of ether oxygens (including phenoxy) is 1. The Morgan fingerprint density at radius 3 is 2.77 bits per heavy atom. The average Bonchev–Trinajstić information content (AvgIpc) is 3.42. The lowest BCUT2D eigenvalue weighted by Crippen LogP contribution is -2.36. The van der Waals surface area contributed by atoms with Crippen LogP contribution in [0.25, 0.3) is 32.4 Å². The number of hydrogen-bond donors (Lipinski definition) is 1. The second-order valence-electron chi connectivity index (χ2n) is 8.44. The number of fused-ring (bicyclic) bond motifs is 2. The summed E-state index contributed by atoms with van der Waals surface area (Å²) in [6.07, 6.45) is 9.91. The number of rotatable bonds is 3. The zero-order valence-electron chi connectivity index (χ0n) is 17.3. The van der Waals surface area contributed by atoms with Crippen LogP contribution in [0.2, 0.25) is 0 Å². The third-order valence-corrected chi connectivity index (χ3v) is 7.87. The maximum absolute atomic E-state index is 12.7. The lowest BCUT2D eigenvalue weighted by atomic mass is 9.95. The summed E-state index contributed by atoms with van der Waals surface area (Å²) in [6.45, 7) is 2.93. The fourth-order valence-corrected chi connectivity index (χ4v) is 6.27. The Morgan fingerprint density at radius 1 is 1.10 bits per heavy atom. The number of anilines is 1. The highest BCUT2D eigenvalue weighted by atomic mass is 32.1. The SMILES string of the molecule is O=c1[nH]cnc2c(-c3ccc4c(c3)ncn4C3CCCCC3)sc(N3CCOCC3)c12. The summed E-state index contributed by atoms with van der Waals surface area (Å²) >= 11 is 1.64. The van der Waals surface area contributed by atoms with Gasteiger partial charge in [0.15, 0.2) is 0 Å². The highest BCUT2D eigenvalue weighted by Crippen LogP contribution is 2.42. The maximum atomic E-state index is 12.7. The first-order chi connectivity index (χ1) is 15.3. The van der Waals surface area contributed by atoms with Gasteiger partial charge in [0.2, 0.25) is 0 Å². The minimum Gasteiger partial charge on any atom is -0.378 e. The van der Waals surface area contributed by atoms with Crippen LogP contribution >= 0.6 is 11.3 Å². The zero-order chi connectivity index (χ0) is 20.8. The molecule has 1 saturated carbocycles. The summed E-state index contributed by atoms with van der Waals surface area (Å²) in [7, 11) is 0. The van der Waals surface area contributed by atoms with Gasteiger partial charge in [-0.05, 0) is 30.5 Å². The zero-order valence-corrected chi connectivity index (χ0v) is 18.2. The van der Waals surface area contributed by atoms with Crippen LogP contribution in [-0.4, -0.2) is 45.8 Å². The molecule has 0 amide bonds. The summed E-state index contributed by atoms with van der Waals surface area (Å²) in [5, 5.41) is 1.66. The van der Waals surface area contributed by atoms with Crippen LogP contribution in [0.4, 0.5) is 5.00 Å². The summed E-state index contributed by atoms with van der Waals surface area (Å²) in [6, 6.07) is 7.03. The number of morpholine rings is 1. The van der Waals surface area contributed by atoms with Crippen LogP contribution in [0, 0.1) is 0 Å². The van der Waals surface area contributed by atoms with E-state index in [1.807, 2.05) is 6.33 Å². The first-order valence-corrected chi connectivity index (χ1v) is 11.9. The molecule has 7 nitrogen and oxygen atoms in total. The van der Waals surface area contributed by atoms with Gasteiger partial charge >= 0.3 is 0 Å². The molecule has 4 aromatic rings. The predicted molar refractivity (Wildman–Crippen MR) is 124 cm³/mol. The normalized spacial score (nSPS) is 18.3. The Balaban J connectivity index is 1.46. The molecule has 3 aromatic heterocycles. The minimum atomic E-state index is -0.0864. The first-order valence-electron chi connectivity index (χ1n) is 11.1. The molecule has 6 rings (SSSR count). The molecule has 1 N–H and O–H groups in total. The number of aromatic amines is 1. The third-order valence-electron chi connectivity index (χ3n) is 6.58. The van der Waals surface area contributed by atoms with Crippen molar-refractivity contribution in [3.05, 3.63) is 41.2 Å². The van der Waals surface area contributed by atoms with Gasteiger partial charge in [-0.15, -0.1) is 11.3 Å². The van der Waals surface area contributed by atoms with Crippen molar-refractivity contribution in [3.63, 3.8) is 0 Å². The number of nitrogens with one attached hydrogen (secondary N) is 1. The number of thiophene rings is 1. The molecule has 0 spiro atoms. The van der Waals surface area contributed by atoms with Crippen LogP contribution in [0.15, 0.2) is 35.6 Å². The Morgan fingerprint density at radius 2 is 1.94 bits per heavy atom. The summed E-state index contributed by atoms with van der Waals surface area (Å²) < 4.78 is 7.86. The van der Waals surface area contributed by atoms with Crippen molar-refractivity contribution in [1.29, 1.82) is 0 Å². The van der Waals surface area contributed by atoms with E-state index in [4.69, 9.17) is 9.72 Å². The first kappa shape index (κ1) is 19.0. The molecule has 1 aliphatic carbocycles. The Bertz CT molecular complexity index is 1290. The van der Waals surface area contributed by atoms with Crippen molar-refractivity contribution in [1.82, 2.24) is 19.5 Å². The number of benzene rings is 1. The van der Waals surface area contributed by atoms with E-state index >= 15 is 0 Å². The Hall–Kier alpha value is -2.71. The molecule has 8 heteroatoms. The molecular formula is C23H25N5O2S. The molecule has 1 aliphatic heterocycles. The molecule has 0 bridgehead atoms. The molecular weight excluding hydrogens is 410 g/mol. The number of aromatic nitrogens is 4. The Kier molecular flexibility index (Phi) is 4.76. The topological polar surface area (TPSA) is 76.0 Å². The van der Waals surface area contributed by atoms with Gasteiger partial charge in [0, 0.05) is 19.1 Å². The van der Waals surface area contributed by atoms with E-state index in [0.717, 1.165) is 39.6 Å². The summed E-state index contributed by atoms with van der Waals surface area (Å²) in [5.74, 6) is 0. The molecule has 1 saturated heterocycles. The van der Waals surface area contributed by atoms with E-state index in [0.29, 0.717) is 24.6 Å². The van der Waals surface area contributed by atoms with E-state index in [2.05, 4.69) is 37.6 Å². The van der Waals surface area contributed by atoms with Crippen molar-refractivity contribution in [2.45, 2.75) is 38.1 Å². The largest absolute Gasteiger partial charge is 0.378 e. The standard InChI is InChI=1S/C23H25N5O2S/c29-22-19-20(24-13-25-22)21(31-23(19)27-8-10-30-11-9-27)15-6-7-18-17(12-15)26-14-28(18)16-4-2-1-3-5-16/h6-7,12-14,16H,1-5,8-11H2,(H,24,25,29). The predicted octanol–water partition coefficient (Wildman–Crippen LogP) is 4.34. The average molecular weight is 436 g/mol. The van der Waals surface area contributed by atoms with Gasteiger partial charge in [-0.2, -0.15) is 0 Å². The van der Waals surface area contributed by atoms with Crippen LogP contribution in [0.3, 0.4) is 0 Å². The van der Waals surface area contributed by atoms with Crippen molar-refractivity contribution in [2.24, 2.45) is 0 Å². The summed E-state index contributed by atoms with van der Waals surface area (Å²) in [4.78, 5) is 28.0. The van der Waals surface area contributed by atoms with Crippen molar-refractivity contribution in [3.8, 4) is 10.4 Å². The quantitative estimate of drug-likeness (QED) is 0.518. The van der Waals surface area contributed by atoms with Gasteiger partial charge in [-0.3, -0.25) is 4.79 Å². The van der Waals surface area contributed by atoms with E-state index in [1.54, 1.807) is 11.3 Å². The fraction of sp³-hybridized carbons (Fsp3) is 0.435. The maximum Gasteiger partial charge on any atom is 0.261 e. The highest BCUT2D eigenvalue weighted by molar-refractivity contribution is 7.21. The number of hydrogen-bond acceptors (Lipinski definition) is 6. The Labute approximate surface area is 183 Å². The van der Waals surface area contributed by atoms with Crippen molar-refractivity contribution >= 4 is 38.3 Å². The lowest BCUT2D eigenvalue weighted by molar-refractivity contribution is 0.123. The second-order valence-corrected chi connectivity index (χ2v) is 9.44. The van der Waals surface area contributed by atoms with Gasteiger partial charge in [-0.25, -0.2) is 9.97 Å². The van der Waals surface area contributed by atoms with Crippen LogP contribution < -0.4 is 10.5 Å². The number of imidazole rings is 1. The van der Waals surface area contributed by atoms with Gasteiger partial charge < -0.3 is 19.2 Å². The van der Waals surface area contributed by atoms with Gasteiger partial charge in [0.1, 0.15) is 10.4 Å². The van der Waals surface area contributed by atoms with Crippen LogP contribution in [-0.2, 0) is 4.74 Å². The minimum absolute atomic E-state index is 0.0864. The molecule has 4 heterocycles. The lowest BCUT2D eigenvalue weighted by Gasteiger charge is -2.27. The van der Waals surface area contributed by atoms with Crippen LogP contribution in [0.5, 0.6) is 0 Å². The molecule has 31 heavy (non-hydrogen) atoms. The van der Waals surface area contributed by atoms with Gasteiger partial charge in [0.25, 0.3) is 5.56 Å². The van der Waals surface area contributed by atoms with E-state index < -0.39 is 0 Å². The second kappa shape index (κ2) is 7.76. The highest BCUT2D eigenvalue weighted by Gasteiger charge is 2.23. The molecule has 2 aliphatic rings. The smallest absolute Gasteiger partial charge is 0.261 e. The molecule has 160 valence electrons. The van der Waals surface area contributed by atoms with Crippen molar-refractivity contribution < 1.29 is 4.74 Å². The fourth-order valence-electron chi connectivity index (χ4n) is 4.97. The third kappa shape index (κ3) is 3.25.